The van der Waals surface area contributed by atoms with Gasteiger partial charge >= 0.3 is 5.97 Å². The summed E-state index contributed by atoms with van der Waals surface area (Å²) in [6.45, 7) is 0. The average Bonchev–Trinajstić information content (AvgIpc) is 2.52. The van der Waals surface area contributed by atoms with Crippen LogP contribution < -0.4 is 5.73 Å². The zero-order valence-corrected chi connectivity index (χ0v) is 14.6. The van der Waals surface area contributed by atoms with Gasteiger partial charge in [0, 0.05) is 15.6 Å². The van der Waals surface area contributed by atoms with Crippen molar-refractivity contribution < 1.29 is 22.3 Å². The second kappa shape index (κ2) is 7.06. The van der Waals surface area contributed by atoms with Crippen molar-refractivity contribution in [3.63, 3.8) is 0 Å². The van der Waals surface area contributed by atoms with Crippen LogP contribution in [0.2, 0.25) is 10.0 Å². The maximum atomic E-state index is 14.2. The summed E-state index contributed by atoms with van der Waals surface area (Å²) < 4.78 is 43.8. The molecule has 9 heteroatoms. The second-order valence-electron chi connectivity index (χ2n) is 4.80. The van der Waals surface area contributed by atoms with Crippen LogP contribution in [0.3, 0.4) is 0 Å². The lowest BCUT2D eigenvalue weighted by Crippen LogP contribution is -2.23. The highest BCUT2D eigenvalue weighted by Crippen LogP contribution is 2.30. The lowest BCUT2D eigenvalue weighted by molar-refractivity contribution is 0.0600. The normalized spacial score (nSPS) is 12.7. The Labute approximate surface area is 148 Å². The molecule has 0 saturated carbocycles. The minimum absolute atomic E-state index is 0.0610. The van der Waals surface area contributed by atoms with Gasteiger partial charge in [0.15, 0.2) is 9.84 Å². The molecule has 1 atom stereocenters. The van der Waals surface area contributed by atoms with Gasteiger partial charge in [0.2, 0.25) is 0 Å². The molecule has 0 amide bonds. The van der Waals surface area contributed by atoms with Crippen LogP contribution in [-0.4, -0.2) is 21.5 Å². The van der Waals surface area contributed by atoms with Gasteiger partial charge in [-0.05, 0) is 30.3 Å². The van der Waals surface area contributed by atoms with Crippen LogP contribution in [0.4, 0.5) is 4.39 Å². The first kappa shape index (κ1) is 18.7. The van der Waals surface area contributed by atoms with Crippen LogP contribution in [0.25, 0.3) is 0 Å². The largest absolute Gasteiger partial charge is 0.465 e. The van der Waals surface area contributed by atoms with Crippen molar-refractivity contribution in [2.24, 2.45) is 5.73 Å². The number of carbonyl (C=O) groups is 1. The highest BCUT2D eigenvalue weighted by Gasteiger charge is 2.29. The summed E-state index contributed by atoms with van der Waals surface area (Å²) in [6, 6.07) is 6.91. The lowest BCUT2D eigenvalue weighted by atomic mass is 10.1. The molecule has 2 N–H and O–H groups in total. The molecule has 0 aliphatic rings. The van der Waals surface area contributed by atoms with Gasteiger partial charge in [-0.15, -0.1) is 0 Å². The maximum absolute atomic E-state index is 14.2. The molecule has 128 valence electrons. The Morgan fingerprint density at radius 1 is 1.17 bits per heavy atom. The molecule has 2 aromatic carbocycles. The molecular formula is C15H12Cl2FNO4S. The number of halogens is 3. The molecule has 0 saturated heterocycles. The molecule has 0 bridgehead atoms. The van der Waals surface area contributed by atoms with E-state index in [-0.39, 0.29) is 26.1 Å². The van der Waals surface area contributed by atoms with Crippen LogP contribution in [0.1, 0.15) is 21.3 Å². The van der Waals surface area contributed by atoms with Crippen molar-refractivity contribution in [3.8, 4) is 0 Å². The third-order valence-electron chi connectivity index (χ3n) is 3.23. The summed E-state index contributed by atoms with van der Waals surface area (Å²) >= 11 is 11.6. The Kier molecular flexibility index (Phi) is 5.49. The predicted octanol–water partition coefficient (Wildman–Crippen LogP) is 3.35. The number of sulfone groups is 1. The number of esters is 1. The molecule has 0 fully saturated rings. The van der Waals surface area contributed by atoms with Crippen LogP contribution in [0.5, 0.6) is 0 Å². The minimum Gasteiger partial charge on any atom is -0.465 e. The Bertz CT molecular complexity index is 882. The second-order valence-corrected chi connectivity index (χ2v) is 7.74. The summed E-state index contributed by atoms with van der Waals surface area (Å²) in [6.07, 6.45) is 0. The number of methoxy groups -OCH3 is 1. The van der Waals surface area contributed by atoms with Gasteiger partial charge in [-0.1, -0.05) is 29.3 Å². The number of hydrogen-bond donors (Lipinski definition) is 1. The van der Waals surface area contributed by atoms with E-state index in [1.165, 1.54) is 24.3 Å². The van der Waals surface area contributed by atoms with Gasteiger partial charge in [0.25, 0.3) is 0 Å². The fourth-order valence-electron chi connectivity index (χ4n) is 2.01. The molecule has 0 radical (unpaired) electrons. The summed E-state index contributed by atoms with van der Waals surface area (Å²) in [5, 5.41) is -1.48. The quantitative estimate of drug-likeness (QED) is 0.807. The number of nitrogens with two attached hydrogens (primary N) is 1. The number of benzene rings is 2. The van der Waals surface area contributed by atoms with E-state index in [1.54, 1.807) is 0 Å². The monoisotopic (exact) mass is 391 g/mol. The minimum atomic E-state index is -4.15. The number of ether oxygens (including phenoxy) is 1. The molecule has 2 aromatic rings. The third-order valence-corrected chi connectivity index (χ3v) is 5.48. The topological polar surface area (TPSA) is 86.5 Å². The fourth-order valence-corrected chi connectivity index (χ4v) is 4.07. The summed E-state index contributed by atoms with van der Waals surface area (Å²) in [4.78, 5) is 11.1. The van der Waals surface area contributed by atoms with E-state index >= 15 is 0 Å². The molecule has 24 heavy (non-hydrogen) atoms. The molecular weight excluding hydrogens is 380 g/mol. The van der Waals surface area contributed by atoms with Gasteiger partial charge in [-0.25, -0.2) is 17.6 Å². The van der Waals surface area contributed by atoms with E-state index in [9.17, 15) is 17.6 Å². The van der Waals surface area contributed by atoms with E-state index in [0.29, 0.717) is 0 Å². The van der Waals surface area contributed by atoms with Crippen molar-refractivity contribution in [1.29, 1.82) is 0 Å². The Hall–Kier alpha value is -1.67. The molecule has 5 nitrogen and oxygen atoms in total. The van der Waals surface area contributed by atoms with E-state index in [1.807, 2.05) is 0 Å². The number of carbonyl (C=O) groups excluding carboxylic acids is 1. The zero-order chi connectivity index (χ0) is 18.1. The highest BCUT2D eigenvalue weighted by atomic mass is 35.5. The Morgan fingerprint density at radius 3 is 2.25 bits per heavy atom. The first-order chi connectivity index (χ1) is 11.2. The van der Waals surface area contributed by atoms with Crippen LogP contribution in [0.15, 0.2) is 41.3 Å². The summed E-state index contributed by atoms with van der Waals surface area (Å²) in [5.74, 6) is -1.69. The standard InChI is InChI=1S/C15H12Cl2FNO4S/c1-23-15(20)8-2-3-12(13(18)4-8)14(19)24(21,22)11-6-9(16)5-10(17)7-11/h2-7,14H,19H2,1H3. The number of hydrogen-bond acceptors (Lipinski definition) is 5. The van der Waals surface area contributed by atoms with Crippen molar-refractivity contribution in [3.05, 3.63) is 63.4 Å². The van der Waals surface area contributed by atoms with Crippen molar-refractivity contribution in [2.45, 2.75) is 10.3 Å². The van der Waals surface area contributed by atoms with Crippen LogP contribution in [-0.2, 0) is 14.6 Å². The Balaban J connectivity index is 2.47. The highest BCUT2D eigenvalue weighted by molar-refractivity contribution is 7.91. The lowest BCUT2D eigenvalue weighted by Gasteiger charge is -2.15. The van der Waals surface area contributed by atoms with Crippen molar-refractivity contribution >= 4 is 39.0 Å². The SMILES string of the molecule is COC(=O)c1ccc(C(N)S(=O)(=O)c2cc(Cl)cc(Cl)c2)c(F)c1. The van der Waals surface area contributed by atoms with E-state index < -0.39 is 27.0 Å². The first-order valence-corrected chi connectivity index (χ1v) is 8.80. The van der Waals surface area contributed by atoms with Gasteiger partial charge in [-0.2, -0.15) is 0 Å². The summed E-state index contributed by atoms with van der Waals surface area (Å²) in [5.41, 5.74) is 5.38. The zero-order valence-electron chi connectivity index (χ0n) is 12.3. The third kappa shape index (κ3) is 3.70. The first-order valence-electron chi connectivity index (χ1n) is 6.50. The van der Waals surface area contributed by atoms with E-state index in [2.05, 4.69) is 4.74 Å². The van der Waals surface area contributed by atoms with Gasteiger partial charge in [0.05, 0.1) is 17.6 Å². The van der Waals surface area contributed by atoms with Gasteiger partial charge < -0.3 is 10.5 Å². The average molecular weight is 392 g/mol. The van der Waals surface area contributed by atoms with Crippen molar-refractivity contribution in [2.75, 3.05) is 7.11 Å². The fraction of sp³-hybridized carbons (Fsp3) is 0.133. The van der Waals surface area contributed by atoms with E-state index in [4.69, 9.17) is 28.9 Å². The molecule has 0 heterocycles. The summed E-state index contributed by atoms with van der Waals surface area (Å²) in [7, 11) is -3.00. The van der Waals surface area contributed by atoms with E-state index in [0.717, 1.165) is 19.2 Å². The molecule has 0 aliphatic carbocycles. The van der Waals surface area contributed by atoms with Crippen molar-refractivity contribution in [1.82, 2.24) is 0 Å². The van der Waals surface area contributed by atoms with Gasteiger partial charge in [0.1, 0.15) is 11.2 Å². The molecule has 2 rings (SSSR count). The number of rotatable bonds is 4. The molecule has 1 unspecified atom stereocenters. The van der Waals surface area contributed by atoms with Gasteiger partial charge in [-0.3, -0.25) is 0 Å². The molecule has 0 spiro atoms. The molecule has 0 aliphatic heterocycles. The molecule has 0 aromatic heterocycles. The Morgan fingerprint density at radius 2 is 1.75 bits per heavy atom. The smallest absolute Gasteiger partial charge is 0.337 e. The predicted molar refractivity (Wildman–Crippen MR) is 88.3 cm³/mol. The van der Waals surface area contributed by atoms with Crippen LogP contribution >= 0.6 is 23.2 Å². The van der Waals surface area contributed by atoms with Crippen LogP contribution in [0, 0.1) is 5.82 Å². The maximum Gasteiger partial charge on any atom is 0.337 e.